The van der Waals surface area contributed by atoms with Gasteiger partial charge in [-0.1, -0.05) is 18.2 Å². The minimum absolute atomic E-state index is 0.207. The molecule has 1 aliphatic carbocycles. The number of carbonyl (C=O) groups excluding carboxylic acids is 3. The van der Waals surface area contributed by atoms with E-state index in [1.165, 1.54) is 0 Å². The molecule has 2 aliphatic heterocycles. The number of benzene rings is 1. The Morgan fingerprint density at radius 2 is 1.86 bits per heavy atom. The molecule has 4 rings (SSSR count). The normalized spacial score (nSPS) is 21.5. The van der Waals surface area contributed by atoms with E-state index in [0.717, 1.165) is 32.4 Å². The summed E-state index contributed by atoms with van der Waals surface area (Å²) >= 11 is 0. The van der Waals surface area contributed by atoms with Crippen molar-refractivity contribution in [2.75, 3.05) is 53.0 Å². The number of nitrogens with zero attached hydrogens (tertiary/aromatic N) is 3. The van der Waals surface area contributed by atoms with E-state index in [4.69, 9.17) is 9.47 Å². The van der Waals surface area contributed by atoms with Gasteiger partial charge >= 0.3 is 12.0 Å². The van der Waals surface area contributed by atoms with Crippen LogP contribution in [-0.2, 0) is 14.3 Å². The number of likely N-dealkylation sites (N-methyl/N-ethyl adjacent to an activating group) is 1. The molecule has 0 spiro atoms. The standard InChI is InChI=1S/C26H36N4O5/c1-4-30-20(17-28-13-8-14-29(16-15-28)24(31)18-11-12-18)22(25(32)35-5-2)23(27-26(30)33)19-9-6-7-10-21(19)34-3/h6-7,9-10,18,23H,4-5,8,11-17H2,1-3H3,(H,27,33). The van der Waals surface area contributed by atoms with Crippen molar-refractivity contribution in [2.24, 2.45) is 5.92 Å². The van der Waals surface area contributed by atoms with Crippen molar-refractivity contribution >= 4 is 17.9 Å². The predicted molar refractivity (Wildman–Crippen MR) is 131 cm³/mol. The lowest BCUT2D eigenvalue weighted by atomic mass is 9.93. The molecule has 3 amide bonds. The van der Waals surface area contributed by atoms with Crippen LogP contribution in [0.15, 0.2) is 35.5 Å². The molecule has 0 aromatic heterocycles. The highest BCUT2D eigenvalue weighted by Crippen LogP contribution is 2.36. The Balaban J connectivity index is 1.67. The van der Waals surface area contributed by atoms with E-state index < -0.39 is 12.0 Å². The number of hydrogen-bond donors (Lipinski definition) is 1. The van der Waals surface area contributed by atoms with E-state index in [0.29, 0.717) is 48.8 Å². The molecule has 9 heteroatoms. The Labute approximate surface area is 207 Å². The molecule has 1 aromatic carbocycles. The van der Waals surface area contributed by atoms with Crippen LogP contribution in [0.3, 0.4) is 0 Å². The summed E-state index contributed by atoms with van der Waals surface area (Å²) in [6.45, 7) is 7.62. The molecular weight excluding hydrogens is 448 g/mol. The van der Waals surface area contributed by atoms with Crippen LogP contribution in [0.5, 0.6) is 5.75 Å². The lowest BCUT2D eigenvalue weighted by Gasteiger charge is -2.38. The summed E-state index contributed by atoms with van der Waals surface area (Å²) in [6, 6.07) is 6.44. The summed E-state index contributed by atoms with van der Waals surface area (Å²) in [6.07, 6.45) is 2.86. The highest BCUT2D eigenvalue weighted by Gasteiger charge is 2.40. The molecule has 1 saturated carbocycles. The van der Waals surface area contributed by atoms with Crippen LogP contribution in [0.4, 0.5) is 4.79 Å². The van der Waals surface area contributed by atoms with Gasteiger partial charge in [0.15, 0.2) is 0 Å². The van der Waals surface area contributed by atoms with E-state index in [9.17, 15) is 14.4 Å². The number of carbonyl (C=O) groups is 3. The van der Waals surface area contributed by atoms with E-state index in [2.05, 4.69) is 10.2 Å². The summed E-state index contributed by atoms with van der Waals surface area (Å²) < 4.78 is 11.0. The van der Waals surface area contributed by atoms with E-state index in [1.54, 1.807) is 18.9 Å². The number of hydrogen-bond acceptors (Lipinski definition) is 6. The molecule has 2 fully saturated rings. The van der Waals surface area contributed by atoms with Gasteiger partial charge in [0.1, 0.15) is 5.75 Å². The van der Waals surface area contributed by atoms with Gasteiger partial charge in [-0.15, -0.1) is 0 Å². The fraction of sp³-hybridized carbons (Fsp3) is 0.577. The van der Waals surface area contributed by atoms with Gasteiger partial charge in [0.2, 0.25) is 5.91 Å². The van der Waals surface area contributed by atoms with Crippen LogP contribution >= 0.6 is 0 Å². The number of amides is 3. The van der Waals surface area contributed by atoms with Crippen LogP contribution in [0.25, 0.3) is 0 Å². The van der Waals surface area contributed by atoms with Crippen LogP contribution in [-0.4, -0.2) is 85.6 Å². The molecule has 1 unspecified atom stereocenters. The van der Waals surface area contributed by atoms with Crippen molar-refractivity contribution in [3.05, 3.63) is 41.1 Å². The van der Waals surface area contributed by atoms with Crippen LogP contribution in [0.2, 0.25) is 0 Å². The average Bonchev–Trinajstić information content (AvgIpc) is 3.72. The zero-order chi connectivity index (χ0) is 24.9. The first kappa shape index (κ1) is 25.0. The van der Waals surface area contributed by atoms with E-state index in [-0.39, 0.29) is 24.5 Å². The molecule has 35 heavy (non-hydrogen) atoms. The smallest absolute Gasteiger partial charge is 0.338 e. The first-order chi connectivity index (χ1) is 17.0. The monoisotopic (exact) mass is 484 g/mol. The summed E-state index contributed by atoms with van der Waals surface area (Å²) in [5, 5.41) is 3.00. The van der Waals surface area contributed by atoms with Gasteiger partial charge in [-0.2, -0.15) is 0 Å². The maximum absolute atomic E-state index is 13.3. The first-order valence-electron chi connectivity index (χ1n) is 12.6. The first-order valence-corrected chi connectivity index (χ1v) is 12.6. The third-order valence-corrected chi connectivity index (χ3v) is 6.90. The Morgan fingerprint density at radius 1 is 1.09 bits per heavy atom. The van der Waals surface area contributed by atoms with E-state index >= 15 is 0 Å². The van der Waals surface area contributed by atoms with E-state index in [1.807, 2.05) is 36.1 Å². The van der Waals surface area contributed by atoms with Gasteiger partial charge in [0.25, 0.3) is 0 Å². The maximum atomic E-state index is 13.3. The van der Waals surface area contributed by atoms with Gasteiger partial charge in [0.05, 0.1) is 25.3 Å². The largest absolute Gasteiger partial charge is 0.496 e. The van der Waals surface area contributed by atoms with Crippen LogP contribution < -0.4 is 10.1 Å². The van der Waals surface area contributed by atoms with Crippen molar-refractivity contribution < 1.29 is 23.9 Å². The predicted octanol–water partition coefficient (Wildman–Crippen LogP) is 2.54. The van der Waals surface area contributed by atoms with Gasteiger partial charge in [-0.25, -0.2) is 9.59 Å². The Kier molecular flexibility index (Phi) is 7.95. The fourth-order valence-electron chi connectivity index (χ4n) is 4.95. The Morgan fingerprint density at radius 3 is 2.54 bits per heavy atom. The quantitative estimate of drug-likeness (QED) is 0.571. The average molecular weight is 485 g/mol. The minimum atomic E-state index is -0.685. The molecule has 190 valence electrons. The summed E-state index contributed by atoms with van der Waals surface area (Å²) in [5.41, 5.74) is 1.78. The second-order valence-electron chi connectivity index (χ2n) is 9.18. The zero-order valence-electron chi connectivity index (χ0n) is 20.9. The van der Waals surface area contributed by atoms with Crippen molar-refractivity contribution in [3.63, 3.8) is 0 Å². The lowest BCUT2D eigenvalue weighted by Crippen LogP contribution is -2.51. The number of para-hydroxylation sites is 1. The molecule has 2 heterocycles. The zero-order valence-corrected chi connectivity index (χ0v) is 20.9. The third-order valence-electron chi connectivity index (χ3n) is 6.90. The molecule has 0 radical (unpaired) electrons. The van der Waals surface area contributed by atoms with Gasteiger partial charge < -0.3 is 19.7 Å². The molecule has 1 saturated heterocycles. The van der Waals surface area contributed by atoms with Crippen LogP contribution in [0.1, 0.15) is 44.7 Å². The van der Waals surface area contributed by atoms with Crippen molar-refractivity contribution in [1.29, 1.82) is 0 Å². The highest BCUT2D eigenvalue weighted by molar-refractivity contribution is 5.95. The molecule has 1 aromatic rings. The molecule has 1 N–H and O–H groups in total. The molecular formula is C26H36N4O5. The summed E-state index contributed by atoms with van der Waals surface area (Å²) in [7, 11) is 1.57. The molecule has 3 aliphatic rings. The number of urea groups is 1. The number of rotatable bonds is 8. The van der Waals surface area contributed by atoms with Crippen molar-refractivity contribution in [2.45, 2.75) is 39.2 Å². The number of esters is 1. The van der Waals surface area contributed by atoms with Crippen molar-refractivity contribution in [1.82, 2.24) is 20.0 Å². The Hall–Kier alpha value is -3.07. The van der Waals surface area contributed by atoms with Gasteiger partial charge in [-0.3, -0.25) is 14.6 Å². The highest BCUT2D eigenvalue weighted by atomic mass is 16.5. The van der Waals surface area contributed by atoms with Gasteiger partial charge in [-0.05, 0) is 39.2 Å². The fourth-order valence-corrected chi connectivity index (χ4v) is 4.95. The Bertz CT molecular complexity index is 990. The minimum Gasteiger partial charge on any atom is -0.496 e. The second-order valence-corrected chi connectivity index (χ2v) is 9.18. The number of ether oxygens (including phenoxy) is 2. The molecule has 0 bridgehead atoms. The topological polar surface area (TPSA) is 91.4 Å². The SMILES string of the molecule is CCOC(=O)C1=C(CN2CCCN(C(=O)C3CC3)CC2)N(CC)C(=O)NC1c1ccccc1OC. The maximum Gasteiger partial charge on any atom is 0.338 e. The second kappa shape index (κ2) is 11.1. The lowest BCUT2D eigenvalue weighted by molar-refractivity contribution is -0.139. The van der Waals surface area contributed by atoms with Crippen LogP contribution in [0, 0.1) is 5.92 Å². The molecule has 9 nitrogen and oxygen atoms in total. The summed E-state index contributed by atoms with van der Waals surface area (Å²) in [5.74, 6) is 0.616. The number of methoxy groups -OCH3 is 1. The number of nitrogens with one attached hydrogen (secondary N) is 1. The van der Waals surface area contributed by atoms with Crippen molar-refractivity contribution in [3.8, 4) is 5.75 Å². The molecule has 1 atom stereocenters. The third kappa shape index (κ3) is 5.45. The van der Waals surface area contributed by atoms with Gasteiger partial charge in [0, 0.05) is 56.4 Å². The summed E-state index contributed by atoms with van der Waals surface area (Å²) in [4.78, 5) is 44.9.